The molecule has 6 rings (SSSR count). The second kappa shape index (κ2) is 12.4. The maximum Gasteiger partial charge on any atom is 0.191 e. The summed E-state index contributed by atoms with van der Waals surface area (Å²) in [5.74, 6) is 2.99. The number of ether oxygens (including phenoxy) is 1. The predicted molar refractivity (Wildman–Crippen MR) is 168 cm³/mol. The second-order valence-corrected chi connectivity index (χ2v) is 13.0. The van der Waals surface area contributed by atoms with E-state index in [4.69, 9.17) is 4.74 Å². The minimum absolute atomic E-state index is 0.528. The van der Waals surface area contributed by atoms with Crippen LogP contribution in [0.25, 0.3) is 22.5 Å². The Bertz CT molecular complexity index is 1370. The third-order valence-corrected chi connectivity index (χ3v) is 10.6. The van der Waals surface area contributed by atoms with E-state index in [9.17, 15) is 0 Å². The SMILES string of the molecule is COc1ccccc1N1CCC2(CCN(CCCSc3nnc(-c4ccc(-c5ccsc5)cc4)n3C)CC2)CC1. The molecule has 2 aromatic heterocycles. The van der Waals surface area contributed by atoms with Gasteiger partial charge in [0.25, 0.3) is 0 Å². The van der Waals surface area contributed by atoms with Crippen molar-refractivity contribution in [3.63, 3.8) is 0 Å². The van der Waals surface area contributed by atoms with Crippen LogP contribution >= 0.6 is 23.1 Å². The van der Waals surface area contributed by atoms with Crippen LogP contribution in [0.1, 0.15) is 32.1 Å². The Balaban J connectivity index is 0.936. The van der Waals surface area contributed by atoms with E-state index >= 15 is 0 Å². The van der Waals surface area contributed by atoms with Gasteiger partial charge in [0.05, 0.1) is 12.8 Å². The van der Waals surface area contributed by atoms with Crippen molar-refractivity contribution < 1.29 is 4.74 Å². The largest absolute Gasteiger partial charge is 0.495 e. The molecular formula is C32H39N5OS2. The summed E-state index contributed by atoms with van der Waals surface area (Å²) in [4.78, 5) is 5.20. The molecule has 4 heterocycles. The molecule has 2 aromatic carbocycles. The van der Waals surface area contributed by atoms with Gasteiger partial charge >= 0.3 is 0 Å². The van der Waals surface area contributed by atoms with Crippen LogP contribution in [0.3, 0.4) is 0 Å². The molecule has 0 atom stereocenters. The summed E-state index contributed by atoms with van der Waals surface area (Å²) in [7, 11) is 3.85. The third kappa shape index (κ3) is 5.94. The summed E-state index contributed by atoms with van der Waals surface area (Å²) in [5, 5.41) is 14.3. The van der Waals surface area contributed by atoms with Gasteiger partial charge in [-0.2, -0.15) is 11.3 Å². The summed E-state index contributed by atoms with van der Waals surface area (Å²) in [6, 6.07) is 19.2. The molecule has 0 amide bonds. The Kier molecular flexibility index (Phi) is 8.46. The number of rotatable bonds is 9. The zero-order valence-corrected chi connectivity index (χ0v) is 25.2. The molecule has 2 aliphatic rings. The molecule has 8 heteroatoms. The van der Waals surface area contributed by atoms with Crippen molar-refractivity contribution in [2.24, 2.45) is 12.5 Å². The van der Waals surface area contributed by atoms with Crippen LogP contribution < -0.4 is 9.64 Å². The molecular weight excluding hydrogens is 535 g/mol. The molecule has 1 spiro atoms. The van der Waals surface area contributed by atoms with E-state index < -0.39 is 0 Å². The topological polar surface area (TPSA) is 46.4 Å². The van der Waals surface area contributed by atoms with Crippen LogP contribution in [0.15, 0.2) is 70.5 Å². The molecule has 0 aliphatic carbocycles. The maximum atomic E-state index is 5.61. The van der Waals surface area contributed by atoms with Gasteiger partial charge in [-0.05, 0) is 97.2 Å². The summed E-state index contributed by atoms with van der Waals surface area (Å²) < 4.78 is 7.74. The number of methoxy groups -OCH3 is 1. The molecule has 210 valence electrons. The average molecular weight is 574 g/mol. The van der Waals surface area contributed by atoms with Crippen LogP contribution in [-0.2, 0) is 7.05 Å². The first-order valence-corrected chi connectivity index (χ1v) is 16.3. The normalized spacial score (nSPS) is 17.4. The molecule has 0 bridgehead atoms. The molecule has 40 heavy (non-hydrogen) atoms. The fourth-order valence-corrected chi connectivity index (χ4v) is 7.75. The van der Waals surface area contributed by atoms with Gasteiger partial charge in [-0.15, -0.1) is 10.2 Å². The number of likely N-dealkylation sites (tertiary alicyclic amines) is 1. The highest BCUT2D eigenvalue weighted by molar-refractivity contribution is 7.99. The van der Waals surface area contributed by atoms with Crippen molar-refractivity contribution in [3.8, 4) is 28.3 Å². The first-order valence-electron chi connectivity index (χ1n) is 14.4. The maximum absolute atomic E-state index is 5.61. The van der Waals surface area contributed by atoms with Crippen molar-refractivity contribution in [2.45, 2.75) is 37.3 Å². The van der Waals surface area contributed by atoms with Crippen molar-refractivity contribution >= 4 is 28.8 Å². The van der Waals surface area contributed by atoms with Crippen LogP contribution in [-0.4, -0.2) is 65.3 Å². The standard InChI is InChI=1S/C32H39N5OS2/c1-35-30(26-10-8-25(9-11-26)27-12-23-39-24-27)33-34-31(35)40-22-5-17-36-18-13-32(14-19-36)15-20-37(21-16-32)28-6-3-4-7-29(28)38-2/h3-4,6-12,23-24H,5,13-22H2,1-2H3. The van der Waals surface area contributed by atoms with Crippen molar-refractivity contribution in [1.82, 2.24) is 19.7 Å². The molecule has 4 aromatic rings. The van der Waals surface area contributed by atoms with Crippen LogP contribution in [0.2, 0.25) is 0 Å². The van der Waals surface area contributed by atoms with Gasteiger partial charge in [0.2, 0.25) is 0 Å². The number of para-hydroxylation sites is 2. The Morgan fingerprint density at radius 3 is 2.33 bits per heavy atom. The highest BCUT2D eigenvalue weighted by Gasteiger charge is 2.37. The van der Waals surface area contributed by atoms with Gasteiger partial charge < -0.3 is 19.1 Å². The van der Waals surface area contributed by atoms with E-state index in [0.29, 0.717) is 5.41 Å². The van der Waals surface area contributed by atoms with Gasteiger partial charge in [0.1, 0.15) is 5.75 Å². The quantitative estimate of drug-likeness (QED) is 0.157. The van der Waals surface area contributed by atoms with Gasteiger partial charge in [-0.3, -0.25) is 0 Å². The van der Waals surface area contributed by atoms with Crippen molar-refractivity contribution in [1.29, 1.82) is 0 Å². The first-order chi connectivity index (χ1) is 19.6. The lowest BCUT2D eigenvalue weighted by Crippen LogP contribution is -2.47. The summed E-state index contributed by atoms with van der Waals surface area (Å²) >= 11 is 3.55. The second-order valence-electron chi connectivity index (χ2n) is 11.2. The molecule has 0 saturated carbocycles. The lowest BCUT2D eigenvalue weighted by atomic mass is 9.71. The number of nitrogens with zero attached hydrogens (tertiary/aromatic N) is 5. The van der Waals surface area contributed by atoms with E-state index in [-0.39, 0.29) is 0 Å². The Morgan fingerprint density at radius 2 is 1.60 bits per heavy atom. The molecule has 2 aliphatic heterocycles. The highest BCUT2D eigenvalue weighted by Crippen LogP contribution is 2.43. The zero-order chi connectivity index (χ0) is 27.4. The van der Waals surface area contributed by atoms with Crippen LogP contribution in [0.4, 0.5) is 5.69 Å². The van der Waals surface area contributed by atoms with E-state index in [1.165, 1.54) is 68.6 Å². The monoisotopic (exact) mass is 573 g/mol. The van der Waals surface area contributed by atoms with Gasteiger partial charge in [0.15, 0.2) is 11.0 Å². The van der Waals surface area contributed by atoms with E-state index in [2.05, 4.69) is 97.0 Å². The number of piperidine rings is 2. The number of thioether (sulfide) groups is 1. The van der Waals surface area contributed by atoms with Crippen LogP contribution in [0, 0.1) is 5.41 Å². The van der Waals surface area contributed by atoms with Gasteiger partial charge in [0, 0.05) is 31.5 Å². The minimum Gasteiger partial charge on any atom is -0.495 e. The smallest absolute Gasteiger partial charge is 0.191 e. The molecule has 6 nitrogen and oxygen atoms in total. The Hall–Kier alpha value is -2.81. The average Bonchev–Trinajstić information content (AvgIpc) is 3.67. The van der Waals surface area contributed by atoms with Gasteiger partial charge in [-0.25, -0.2) is 0 Å². The fraction of sp³-hybridized carbons (Fsp3) is 0.438. The van der Waals surface area contributed by atoms with Gasteiger partial charge in [-0.1, -0.05) is 48.2 Å². The summed E-state index contributed by atoms with van der Waals surface area (Å²) in [5.41, 5.74) is 5.39. The fourth-order valence-electron chi connectivity index (χ4n) is 6.25. The summed E-state index contributed by atoms with van der Waals surface area (Å²) in [6.07, 6.45) is 6.42. The third-order valence-electron chi connectivity index (χ3n) is 8.85. The Labute approximate surface area is 246 Å². The zero-order valence-electron chi connectivity index (χ0n) is 23.6. The van der Waals surface area contributed by atoms with E-state index in [1.807, 2.05) is 11.8 Å². The number of aromatic nitrogens is 3. The predicted octanol–water partition coefficient (Wildman–Crippen LogP) is 7.08. The number of thiophene rings is 1. The van der Waals surface area contributed by atoms with Crippen molar-refractivity contribution in [2.75, 3.05) is 50.5 Å². The lowest BCUT2D eigenvalue weighted by Gasteiger charge is -2.47. The number of hydrogen-bond acceptors (Lipinski definition) is 7. The molecule has 0 radical (unpaired) electrons. The number of anilines is 1. The lowest BCUT2D eigenvalue weighted by molar-refractivity contribution is 0.0801. The highest BCUT2D eigenvalue weighted by atomic mass is 32.2. The van der Waals surface area contributed by atoms with Crippen molar-refractivity contribution in [3.05, 3.63) is 65.4 Å². The van der Waals surface area contributed by atoms with E-state index in [0.717, 1.165) is 41.1 Å². The molecule has 0 unspecified atom stereocenters. The van der Waals surface area contributed by atoms with E-state index in [1.54, 1.807) is 18.4 Å². The number of benzene rings is 2. The van der Waals surface area contributed by atoms with Crippen LogP contribution in [0.5, 0.6) is 5.75 Å². The minimum atomic E-state index is 0.528. The molecule has 2 saturated heterocycles. The molecule has 0 N–H and O–H groups in total. The summed E-state index contributed by atoms with van der Waals surface area (Å²) in [6.45, 7) is 5.90. The molecule has 2 fully saturated rings. The first kappa shape index (κ1) is 27.4. The Morgan fingerprint density at radius 1 is 0.875 bits per heavy atom. The number of hydrogen-bond donors (Lipinski definition) is 0.